The second-order valence-corrected chi connectivity index (χ2v) is 8.60. The van der Waals surface area contributed by atoms with Crippen LogP contribution in [0.1, 0.15) is 5.01 Å². The van der Waals surface area contributed by atoms with Crippen molar-refractivity contribution in [3.63, 3.8) is 0 Å². The Hall–Kier alpha value is -2.13. The van der Waals surface area contributed by atoms with Gasteiger partial charge in [0.15, 0.2) is 0 Å². The molecule has 1 N–H and O–H groups in total. The SMILES string of the molecule is O=C(CN1CCN(Cc2nc(-c3cccs3)cs2)CC1)Nc1ccc(F)cc1. The van der Waals surface area contributed by atoms with Gasteiger partial charge in [-0.1, -0.05) is 6.07 Å². The number of piperazine rings is 1. The average Bonchev–Trinajstić information content (AvgIpc) is 3.37. The van der Waals surface area contributed by atoms with E-state index in [1.807, 2.05) is 6.07 Å². The summed E-state index contributed by atoms with van der Waals surface area (Å²) in [6, 6.07) is 9.98. The highest BCUT2D eigenvalue weighted by atomic mass is 32.1. The Kier molecular flexibility index (Phi) is 6.11. The van der Waals surface area contributed by atoms with Crippen LogP contribution < -0.4 is 5.32 Å². The lowest BCUT2D eigenvalue weighted by molar-refractivity contribution is -0.117. The molecule has 0 aliphatic carbocycles. The molecule has 1 saturated heterocycles. The van der Waals surface area contributed by atoms with E-state index < -0.39 is 0 Å². The van der Waals surface area contributed by atoms with Crippen LogP contribution in [0.15, 0.2) is 47.2 Å². The lowest BCUT2D eigenvalue weighted by Crippen LogP contribution is -2.48. The van der Waals surface area contributed by atoms with Crippen molar-refractivity contribution in [1.82, 2.24) is 14.8 Å². The van der Waals surface area contributed by atoms with E-state index in [0.717, 1.165) is 43.4 Å². The molecule has 0 spiro atoms. The van der Waals surface area contributed by atoms with Gasteiger partial charge in [0.05, 0.1) is 23.7 Å². The lowest BCUT2D eigenvalue weighted by atomic mass is 10.3. The number of anilines is 1. The van der Waals surface area contributed by atoms with E-state index in [1.165, 1.54) is 17.0 Å². The maximum atomic E-state index is 12.9. The molecule has 1 aliphatic rings. The van der Waals surface area contributed by atoms with Gasteiger partial charge in [-0.05, 0) is 35.7 Å². The van der Waals surface area contributed by atoms with Gasteiger partial charge in [0.2, 0.25) is 5.91 Å². The number of benzene rings is 1. The maximum Gasteiger partial charge on any atom is 0.238 e. The molecule has 8 heteroatoms. The summed E-state index contributed by atoms with van der Waals surface area (Å²) in [5.74, 6) is -0.377. The Morgan fingerprint density at radius 2 is 1.82 bits per heavy atom. The van der Waals surface area contributed by atoms with Gasteiger partial charge in [-0.2, -0.15) is 0 Å². The molecule has 0 unspecified atom stereocenters. The number of carbonyl (C=O) groups is 1. The normalized spacial score (nSPS) is 15.6. The molecule has 28 heavy (non-hydrogen) atoms. The molecular formula is C20H21FN4OS2. The number of halogens is 1. The zero-order valence-corrected chi connectivity index (χ0v) is 16.9. The summed E-state index contributed by atoms with van der Waals surface area (Å²) >= 11 is 3.41. The second-order valence-electron chi connectivity index (χ2n) is 6.71. The second kappa shape index (κ2) is 8.91. The fourth-order valence-electron chi connectivity index (χ4n) is 3.15. The fraction of sp³-hybridized carbons (Fsp3) is 0.300. The van der Waals surface area contributed by atoms with Crippen LogP contribution in [0.2, 0.25) is 0 Å². The van der Waals surface area contributed by atoms with Crippen molar-refractivity contribution in [3.05, 3.63) is 58.0 Å². The molecule has 0 radical (unpaired) electrons. The van der Waals surface area contributed by atoms with Gasteiger partial charge >= 0.3 is 0 Å². The quantitative estimate of drug-likeness (QED) is 0.665. The molecule has 1 fully saturated rings. The minimum absolute atomic E-state index is 0.0689. The van der Waals surface area contributed by atoms with Gasteiger partial charge in [0.25, 0.3) is 0 Å². The van der Waals surface area contributed by atoms with Crippen molar-refractivity contribution in [1.29, 1.82) is 0 Å². The summed E-state index contributed by atoms with van der Waals surface area (Å²) in [7, 11) is 0. The number of aromatic nitrogens is 1. The van der Waals surface area contributed by atoms with E-state index in [-0.39, 0.29) is 11.7 Å². The number of hydrogen-bond donors (Lipinski definition) is 1. The zero-order chi connectivity index (χ0) is 19.3. The lowest BCUT2D eigenvalue weighted by Gasteiger charge is -2.33. The number of thiophene rings is 1. The predicted octanol–water partition coefficient (Wildman–Crippen LogP) is 3.77. The summed E-state index contributed by atoms with van der Waals surface area (Å²) in [6.45, 7) is 4.73. The van der Waals surface area contributed by atoms with E-state index in [9.17, 15) is 9.18 Å². The maximum absolute atomic E-state index is 12.9. The van der Waals surface area contributed by atoms with E-state index >= 15 is 0 Å². The van der Waals surface area contributed by atoms with Crippen molar-refractivity contribution in [2.24, 2.45) is 0 Å². The minimum Gasteiger partial charge on any atom is -0.325 e. The van der Waals surface area contributed by atoms with E-state index in [0.29, 0.717) is 12.2 Å². The van der Waals surface area contributed by atoms with Crippen molar-refractivity contribution in [2.45, 2.75) is 6.54 Å². The minimum atomic E-state index is -0.308. The van der Waals surface area contributed by atoms with Crippen LogP contribution in [0.25, 0.3) is 10.6 Å². The molecule has 0 saturated carbocycles. The molecule has 4 rings (SSSR count). The van der Waals surface area contributed by atoms with Crippen molar-refractivity contribution in [2.75, 3.05) is 38.0 Å². The first-order chi connectivity index (χ1) is 13.7. The van der Waals surface area contributed by atoms with Crippen LogP contribution in [-0.4, -0.2) is 53.4 Å². The summed E-state index contributed by atoms with van der Waals surface area (Å²) < 4.78 is 12.9. The van der Waals surface area contributed by atoms with Gasteiger partial charge in [0.1, 0.15) is 10.8 Å². The molecule has 3 heterocycles. The molecular weight excluding hydrogens is 395 g/mol. The Labute approximate surface area is 171 Å². The number of hydrogen-bond acceptors (Lipinski definition) is 6. The molecule has 1 aromatic carbocycles. The summed E-state index contributed by atoms with van der Waals surface area (Å²) in [4.78, 5) is 22.7. The highest BCUT2D eigenvalue weighted by molar-refractivity contribution is 7.14. The molecule has 146 valence electrons. The number of thiazole rings is 1. The molecule has 2 aromatic heterocycles. The van der Waals surface area contributed by atoms with Crippen molar-refractivity contribution < 1.29 is 9.18 Å². The van der Waals surface area contributed by atoms with Gasteiger partial charge in [-0.3, -0.25) is 14.6 Å². The third-order valence-corrected chi connectivity index (χ3v) is 6.37. The van der Waals surface area contributed by atoms with Crippen LogP contribution >= 0.6 is 22.7 Å². The average molecular weight is 417 g/mol. The fourth-order valence-corrected chi connectivity index (χ4v) is 4.75. The van der Waals surface area contributed by atoms with E-state index in [2.05, 4.69) is 31.9 Å². The van der Waals surface area contributed by atoms with Crippen LogP contribution in [-0.2, 0) is 11.3 Å². The highest BCUT2D eigenvalue weighted by Crippen LogP contribution is 2.26. The van der Waals surface area contributed by atoms with Crippen molar-refractivity contribution >= 4 is 34.3 Å². The van der Waals surface area contributed by atoms with Crippen LogP contribution in [0.5, 0.6) is 0 Å². The Morgan fingerprint density at radius 3 is 2.54 bits per heavy atom. The van der Waals surface area contributed by atoms with Gasteiger partial charge < -0.3 is 5.32 Å². The van der Waals surface area contributed by atoms with Crippen LogP contribution in [0.4, 0.5) is 10.1 Å². The number of carbonyl (C=O) groups excluding carboxylic acids is 1. The topological polar surface area (TPSA) is 48.5 Å². The Bertz CT molecular complexity index is 903. The van der Waals surface area contributed by atoms with Gasteiger partial charge in [0, 0.05) is 37.2 Å². The summed E-state index contributed by atoms with van der Waals surface area (Å²) in [5, 5.41) is 8.14. The largest absolute Gasteiger partial charge is 0.325 e. The van der Waals surface area contributed by atoms with Crippen LogP contribution in [0, 0.1) is 5.82 Å². The molecule has 0 atom stereocenters. The molecule has 0 bridgehead atoms. The zero-order valence-electron chi connectivity index (χ0n) is 15.3. The van der Waals surface area contributed by atoms with E-state index in [4.69, 9.17) is 4.98 Å². The van der Waals surface area contributed by atoms with Gasteiger partial charge in [-0.25, -0.2) is 9.37 Å². The first-order valence-electron chi connectivity index (χ1n) is 9.14. The molecule has 1 amide bonds. The van der Waals surface area contributed by atoms with Gasteiger partial charge in [-0.15, -0.1) is 22.7 Å². The number of amides is 1. The number of nitrogens with one attached hydrogen (secondary N) is 1. The third-order valence-electron chi connectivity index (χ3n) is 4.64. The Balaban J connectivity index is 1.22. The third kappa shape index (κ3) is 5.02. The standard InChI is InChI=1S/C20H21FN4OS2/c21-15-3-5-16(6-4-15)22-19(26)12-24-7-9-25(10-8-24)13-20-23-17(14-28-20)18-2-1-11-27-18/h1-6,11,14H,7-10,12-13H2,(H,22,26). The first kappa shape index (κ1) is 19.2. The van der Waals surface area contributed by atoms with Crippen LogP contribution in [0.3, 0.4) is 0 Å². The monoisotopic (exact) mass is 416 g/mol. The number of nitrogens with zero attached hydrogens (tertiary/aromatic N) is 3. The summed E-state index contributed by atoms with van der Waals surface area (Å²) in [6.07, 6.45) is 0. The molecule has 5 nitrogen and oxygen atoms in total. The molecule has 3 aromatic rings. The van der Waals surface area contributed by atoms with Crippen molar-refractivity contribution in [3.8, 4) is 10.6 Å². The summed E-state index contributed by atoms with van der Waals surface area (Å²) in [5.41, 5.74) is 1.68. The Morgan fingerprint density at radius 1 is 1.07 bits per heavy atom. The first-order valence-corrected chi connectivity index (χ1v) is 10.9. The highest BCUT2D eigenvalue weighted by Gasteiger charge is 2.20. The molecule has 1 aliphatic heterocycles. The van der Waals surface area contributed by atoms with E-state index in [1.54, 1.807) is 34.8 Å². The predicted molar refractivity (Wildman–Crippen MR) is 112 cm³/mol. The number of rotatable bonds is 6. The smallest absolute Gasteiger partial charge is 0.238 e.